The maximum absolute atomic E-state index is 11.2. The van der Waals surface area contributed by atoms with Crippen molar-refractivity contribution >= 4 is 5.91 Å². The number of carbonyl (C=O) groups is 1. The van der Waals surface area contributed by atoms with Gasteiger partial charge in [0.1, 0.15) is 23.8 Å². The Morgan fingerprint density at radius 2 is 2.04 bits per heavy atom. The number of aromatic nitrogens is 3. The molecule has 25 heavy (non-hydrogen) atoms. The zero-order valence-corrected chi connectivity index (χ0v) is 13.9. The van der Waals surface area contributed by atoms with E-state index in [-0.39, 0.29) is 6.42 Å². The van der Waals surface area contributed by atoms with Gasteiger partial charge < -0.3 is 19.6 Å². The van der Waals surface area contributed by atoms with Crippen molar-refractivity contribution < 1.29 is 18.7 Å². The van der Waals surface area contributed by atoms with Crippen molar-refractivity contribution in [3.63, 3.8) is 0 Å². The summed E-state index contributed by atoms with van der Waals surface area (Å²) >= 11 is 0. The normalized spacial score (nSPS) is 10.8. The molecule has 8 heteroatoms. The van der Waals surface area contributed by atoms with E-state index < -0.39 is 5.91 Å². The summed E-state index contributed by atoms with van der Waals surface area (Å²) in [4.78, 5) is 15.6. The van der Waals surface area contributed by atoms with Gasteiger partial charge in [0.15, 0.2) is 17.4 Å². The van der Waals surface area contributed by atoms with Gasteiger partial charge in [-0.15, -0.1) is 5.10 Å². The van der Waals surface area contributed by atoms with Gasteiger partial charge in [0, 0.05) is 7.11 Å². The second-order valence-electron chi connectivity index (χ2n) is 5.28. The number of amides is 1. The van der Waals surface area contributed by atoms with Crippen molar-refractivity contribution in [1.29, 1.82) is 0 Å². The molecule has 0 atom stereocenters. The van der Waals surface area contributed by atoms with Gasteiger partial charge >= 0.3 is 0 Å². The van der Waals surface area contributed by atoms with Crippen LogP contribution in [0.2, 0.25) is 0 Å². The zero-order chi connectivity index (χ0) is 17.8. The van der Waals surface area contributed by atoms with Gasteiger partial charge in [-0.3, -0.25) is 4.79 Å². The average Bonchev–Trinajstić information content (AvgIpc) is 3.21. The summed E-state index contributed by atoms with van der Waals surface area (Å²) in [5.74, 6) is 2.01. The summed E-state index contributed by atoms with van der Waals surface area (Å²) in [5.41, 5.74) is 5.94. The van der Waals surface area contributed by atoms with Crippen LogP contribution in [0.5, 0.6) is 5.75 Å². The van der Waals surface area contributed by atoms with Crippen molar-refractivity contribution in [2.75, 3.05) is 14.2 Å². The number of furan rings is 1. The number of carbonyl (C=O) groups excluding carboxylic acids is 1. The minimum Gasteiger partial charge on any atom is -0.494 e. The van der Waals surface area contributed by atoms with Crippen LogP contribution in [-0.4, -0.2) is 34.9 Å². The van der Waals surface area contributed by atoms with E-state index in [9.17, 15) is 4.79 Å². The first-order valence-electron chi connectivity index (χ1n) is 7.58. The number of hydrogen-bond acceptors (Lipinski definition) is 6. The lowest BCUT2D eigenvalue weighted by Gasteiger charge is -2.09. The van der Waals surface area contributed by atoms with Gasteiger partial charge in [0.25, 0.3) is 0 Å². The number of methoxy groups -OCH3 is 2. The van der Waals surface area contributed by atoms with Crippen LogP contribution in [-0.2, 0) is 22.6 Å². The van der Waals surface area contributed by atoms with Crippen LogP contribution in [0.1, 0.15) is 11.6 Å². The third kappa shape index (κ3) is 3.53. The summed E-state index contributed by atoms with van der Waals surface area (Å²) < 4.78 is 17.8. The zero-order valence-electron chi connectivity index (χ0n) is 13.9. The van der Waals surface area contributed by atoms with Crippen LogP contribution in [0.25, 0.3) is 17.3 Å². The molecule has 0 aliphatic rings. The third-order valence-electron chi connectivity index (χ3n) is 3.47. The number of hydrogen-bond donors (Lipinski definition) is 1. The predicted octanol–water partition coefficient (Wildman–Crippen LogP) is 1.71. The number of para-hydroxylation sites is 2. The molecular formula is C17H18N4O4. The Hall–Kier alpha value is -3.13. The van der Waals surface area contributed by atoms with Crippen molar-refractivity contribution in [2.45, 2.75) is 13.0 Å². The molecule has 0 bridgehead atoms. The molecule has 0 unspecified atom stereocenters. The van der Waals surface area contributed by atoms with E-state index in [1.54, 1.807) is 31.0 Å². The van der Waals surface area contributed by atoms with Crippen LogP contribution in [0.4, 0.5) is 0 Å². The average molecular weight is 342 g/mol. The first-order valence-corrected chi connectivity index (χ1v) is 7.58. The van der Waals surface area contributed by atoms with E-state index in [2.05, 4.69) is 10.1 Å². The number of benzene rings is 1. The lowest BCUT2D eigenvalue weighted by molar-refractivity contribution is -0.117. The van der Waals surface area contributed by atoms with Crippen LogP contribution in [0, 0.1) is 0 Å². The molecule has 0 aliphatic heterocycles. The number of nitrogens with zero attached hydrogens (tertiary/aromatic N) is 3. The Morgan fingerprint density at radius 3 is 2.76 bits per heavy atom. The molecule has 0 aliphatic carbocycles. The van der Waals surface area contributed by atoms with Crippen molar-refractivity contribution in [1.82, 2.24) is 14.8 Å². The summed E-state index contributed by atoms with van der Waals surface area (Å²) in [6, 6.07) is 10.9. The quantitative estimate of drug-likeness (QED) is 0.701. The molecule has 0 spiro atoms. The highest BCUT2D eigenvalue weighted by Gasteiger charge is 2.20. The summed E-state index contributed by atoms with van der Waals surface area (Å²) in [7, 11) is 3.16. The van der Waals surface area contributed by atoms with E-state index in [0.29, 0.717) is 41.2 Å². The second-order valence-corrected chi connectivity index (χ2v) is 5.28. The van der Waals surface area contributed by atoms with Gasteiger partial charge in [-0.1, -0.05) is 12.1 Å². The Bertz CT molecular complexity index is 884. The van der Waals surface area contributed by atoms with Crippen molar-refractivity contribution in [2.24, 2.45) is 5.73 Å². The Kier molecular flexibility index (Phi) is 4.80. The molecule has 2 aromatic heterocycles. The predicted molar refractivity (Wildman–Crippen MR) is 89.2 cm³/mol. The van der Waals surface area contributed by atoms with Gasteiger partial charge in [0.05, 0.1) is 13.5 Å². The van der Waals surface area contributed by atoms with Gasteiger partial charge in [-0.25, -0.2) is 9.67 Å². The topological polar surface area (TPSA) is 105 Å². The van der Waals surface area contributed by atoms with Crippen LogP contribution >= 0.6 is 0 Å². The van der Waals surface area contributed by atoms with Crippen molar-refractivity contribution in [3.8, 4) is 23.0 Å². The Morgan fingerprint density at radius 1 is 1.24 bits per heavy atom. The fourth-order valence-electron chi connectivity index (χ4n) is 2.44. The van der Waals surface area contributed by atoms with Crippen LogP contribution in [0.3, 0.4) is 0 Å². The van der Waals surface area contributed by atoms with Crippen LogP contribution in [0.15, 0.2) is 40.8 Å². The Balaban J connectivity index is 2.12. The highest BCUT2D eigenvalue weighted by atomic mass is 16.5. The highest BCUT2D eigenvalue weighted by Crippen LogP contribution is 2.28. The summed E-state index contributed by atoms with van der Waals surface area (Å²) in [6.45, 7) is 0.344. The number of ether oxygens (including phenoxy) is 2. The fraction of sp³-hybridized carbons (Fsp3) is 0.235. The number of nitrogens with two attached hydrogens (primary N) is 1. The molecule has 3 rings (SSSR count). The van der Waals surface area contributed by atoms with E-state index in [1.807, 2.05) is 24.3 Å². The van der Waals surface area contributed by atoms with E-state index >= 15 is 0 Å². The first kappa shape index (κ1) is 16.7. The SMILES string of the molecule is COCc1ccc(-c2nc(CC(N)=O)nn2-c2ccccc2OC)o1. The van der Waals surface area contributed by atoms with Gasteiger partial charge in [-0.2, -0.15) is 0 Å². The molecule has 0 fully saturated rings. The highest BCUT2D eigenvalue weighted by molar-refractivity contribution is 5.75. The molecule has 8 nitrogen and oxygen atoms in total. The van der Waals surface area contributed by atoms with E-state index in [4.69, 9.17) is 19.6 Å². The number of rotatable bonds is 7. The monoisotopic (exact) mass is 342 g/mol. The molecule has 0 saturated heterocycles. The maximum Gasteiger partial charge on any atom is 0.225 e. The lowest BCUT2D eigenvalue weighted by Crippen LogP contribution is -2.14. The van der Waals surface area contributed by atoms with Gasteiger partial charge in [-0.05, 0) is 24.3 Å². The summed E-state index contributed by atoms with van der Waals surface area (Å²) in [5, 5.41) is 4.39. The van der Waals surface area contributed by atoms with Crippen LogP contribution < -0.4 is 10.5 Å². The fourth-order valence-corrected chi connectivity index (χ4v) is 2.44. The van der Waals surface area contributed by atoms with E-state index in [1.165, 1.54) is 0 Å². The maximum atomic E-state index is 11.2. The lowest BCUT2D eigenvalue weighted by atomic mass is 10.3. The van der Waals surface area contributed by atoms with E-state index in [0.717, 1.165) is 0 Å². The molecule has 1 aromatic carbocycles. The standard InChI is InChI=1S/C17H18N4O4/c1-23-10-11-7-8-14(25-11)17-19-16(9-15(18)22)20-21(17)12-5-3-4-6-13(12)24-2/h3-8H,9-10H2,1-2H3,(H2,18,22). The molecule has 1 amide bonds. The molecule has 3 aromatic rings. The second kappa shape index (κ2) is 7.18. The van der Waals surface area contributed by atoms with Crippen molar-refractivity contribution in [3.05, 3.63) is 48.0 Å². The molecule has 2 N–H and O–H groups in total. The molecule has 0 saturated carbocycles. The number of primary amides is 1. The molecule has 0 radical (unpaired) electrons. The minimum atomic E-state index is -0.511. The third-order valence-corrected chi connectivity index (χ3v) is 3.47. The smallest absolute Gasteiger partial charge is 0.225 e. The largest absolute Gasteiger partial charge is 0.494 e. The van der Waals surface area contributed by atoms with Gasteiger partial charge in [0.2, 0.25) is 5.91 Å². The Labute approximate surface area is 144 Å². The minimum absolute atomic E-state index is 0.0687. The molecule has 2 heterocycles. The molecule has 130 valence electrons. The first-order chi connectivity index (χ1) is 12.1. The molecular weight excluding hydrogens is 324 g/mol. The summed E-state index contributed by atoms with van der Waals surface area (Å²) in [6.07, 6.45) is -0.0687.